The molecule has 3 heterocycles. The summed E-state index contributed by atoms with van der Waals surface area (Å²) in [5.41, 5.74) is 9.85. The Morgan fingerprint density at radius 3 is 2.60 bits per heavy atom. The highest BCUT2D eigenvalue weighted by Crippen LogP contribution is 2.42. The van der Waals surface area contributed by atoms with Crippen molar-refractivity contribution in [3.8, 4) is 0 Å². The third-order valence-electron chi connectivity index (χ3n) is 4.51. The number of aromatic nitrogens is 2. The van der Waals surface area contributed by atoms with Gasteiger partial charge in [0, 0.05) is 34.1 Å². The largest absolute Gasteiger partial charge is 0.477 e. The zero-order valence-electron chi connectivity index (χ0n) is 16.4. The van der Waals surface area contributed by atoms with E-state index in [0.29, 0.717) is 11.6 Å². The molecule has 1 aromatic carbocycles. The van der Waals surface area contributed by atoms with Gasteiger partial charge in [-0.25, -0.2) is 4.79 Å². The van der Waals surface area contributed by atoms with Crippen LogP contribution in [0.4, 0.5) is 17.1 Å². The third-order valence-corrected chi connectivity index (χ3v) is 6.84. The molecule has 0 aliphatic rings. The Kier molecular flexibility index (Phi) is 5.61. The lowest BCUT2D eigenvalue weighted by molar-refractivity contribution is 0.0702. The number of fused-ring (bicyclic) bond motifs is 1. The molecule has 0 radical (unpaired) electrons. The minimum absolute atomic E-state index is 0.272. The van der Waals surface area contributed by atoms with Gasteiger partial charge in [-0.3, -0.25) is 9.97 Å². The summed E-state index contributed by atoms with van der Waals surface area (Å²) in [6.07, 6.45) is 3.56. The van der Waals surface area contributed by atoms with Gasteiger partial charge in [-0.1, -0.05) is 25.6 Å². The van der Waals surface area contributed by atoms with Crippen molar-refractivity contribution < 1.29 is 9.90 Å². The van der Waals surface area contributed by atoms with Crippen molar-refractivity contribution in [3.63, 3.8) is 0 Å². The molecule has 4 rings (SSSR count). The van der Waals surface area contributed by atoms with E-state index in [1.165, 1.54) is 23.1 Å². The highest BCUT2D eigenvalue weighted by Gasteiger charge is 2.16. The van der Waals surface area contributed by atoms with Crippen LogP contribution in [-0.2, 0) is 0 Å². The number of nitrogens with two attached hydrogens (primary N) is 1. The molecule has 0 aliphatic heterocycles. The smallest absolute Gasteiger partial charge is 0.345 e. The van der Waals surface area contributed by atoms with Gasteiger partial charge in [0.1, 0.15) is 4.88 Å². The average molecular weight is 437 g/mol. The van der Waals surface area contributed by atoms with E-state index in [9.17, 15) is 9.90 Å². The number of hydrogen-bond donors (Lipinski definition) is 3. The lowest BCUT2D eigenvalue weighted by Crippen LogP contribution is -1.97. The van der Waals surface area contributed by atoms with Crippen LogP contribution in [0.3, 0.4) is 0 Å². The summed E-state index contributed by atoms with van der Waals surface area (Å²) in [6, 6.07) is 13.0. The van der Waals surface area contributed by atoms with Gasteiger partial charge in [0.05, 0.1) is 21.1 Å². The van der Waals surface area contributed by atoms with Crippen molar-refractivity contribution in [1.29, 1.82) is 0 Å². The number of carbonyl (C=O) groups is 1. The van der Waals surface area contributed by atoms with Crippen molar-refractivity contribution in [3.05, 3.63) is 65.4 Å². The Labute approximate surface area is 182 Å². The van der Waals surface area contributed by atoms with Crippen LogP contribution in [0.1, 0.15) is 35.1 Å². The number of hydrogen-bond acceptors (Lipinski definition) is 7. The lowest BCUT2D eigenvalue weighted by atomic mass is 10.1. The second-order valence-corrected chi connectivity index (χ2v) is 9.45. The molecule has 0 bridgehead atoms. The Balaban J connectivity index is 1.71. The Bertz CT molecular complexity index is 1220. The number of pyridine rings is 2. The summed E-state index contributed by atoms with van der Waals surface area (Å²) in [4.78, 5) is 21.8. The summed E-state index contributed by atoms with van der Waals surface area (Å²) in [5.74, 6) is -0.638. The fraction of sp³-hybridized carbons (Fsp3) is 0.136. The van der Waals surface area contributed by atoms with Gasteiger partial charge in [-0.2, -0.15) is 0 Å². The van der Waals surface area contributed by atoms with Gasteiger partial charge in [0.2, 0.25) is 0 Å². The molecule has 0 amide bonds. The topological polar surface area (TPSA) is 101 Å². The number of nitrogen functional groups attached to an aromatic ring is 1. The number of carboxylic acid groups (broad SMARTS) is 1. The standard InChI is InChI=1S/C22H20N4O2S2/c1-12(2)17-9-18-15(11-25-17)16(7-8-24-18)26-19-10-20(21(27)28)30-22(19)29-14-5-3-13(23)4-6-14/h3-12H,23H2,1-2H3,(H,24,26)(H,27,28). The molecule has 152 valence electrons. The summed E-state index contributed by atoms with van der Waals surface area (Å²) in [7, 11) is 0. The zero-order valence-corrected chi connectivity index (χ0v) is 18.1. The lowest BCUT2D eigenvalue weighted by Gasteiger charge is -2.11. The van der Waals surface area contributed by atoms with E-state index < -0.39 is 5.97 Å². The molecule has 0 unspecified atom stereocenters. The molecule has 0 aliphatic carbocycles. The number of nitrogens with zero attached hydrogens (tertiary/aromatic N) is 2. The van der Waals surface area contributed by atoms with Gasteiger partial charge in [-0.05, 0) is 48.4 Å². The van der Waals surface area contributed by atoms with Gasteiger partial charge >= 0.3 is 5.97 Å². The molecule has 0 saturated heterocycles. The summed E-state index contributed by atoms with van der Waals surface area (Å²) < 4.78 is 0.855. The maximum Gasteiger partial charge on any atom is 0.345 e. The minimum Gasteiger partial charge on any atom is -0.477 e. The van der Waals surface area contributed by atoms with Crippen LogP contribution in [0.5, 0.6) is 0 Å². The predicted octanol–water partition coefficient (Wildman–Crippen LogP) is 5.99. The molecule has 4 aromatic rings. The van der Waals surface area contributed by atoms with E-state index in [1.807, 2.05) is 42.6 Å². The molecule has 3 aromatic heterocycles. The first-order valence-corrected chi connectivity index (χ1v) is 11.0. The van der Waals surface area contributed by atoms with Crippen molar-refractivity contribution in [2.45, 2.75) is 28.9 Å². The number of rotatable bonds is 6. The molecule has 8 heteroatoms. The van der Waals surface area contributed by atoms with E-state index in [0.717, 1.165) is 37.1 Å². The van der Waals surface area contributed by atoms with E-state index in [4.69, 9.17) is 5.73 Å². The molecule has 0 atom stereocenters. The number of benzene rings is 1. The third kappa shape index (κ3) is 4.24. The van der Waals surface area contributed by atoms with Crippen molar-refractivity contribution in [1.82, 2.24) is 9.97 Å². The van der Waals surface area contributed by atoms with Crippen molar-refractivity contribution in [2.75, 3.05) is 11.1 Å². The number of nitrogens with one attached hydrogen (secondary N) is 1. The van der Waals surface area contributed by atoms with Crippen LogP contribution < -0.4 is 11.1 Å². The molecule has 0 saturated carbocycles. The number of carboxylic acids is 1. The molecule has 30 heavy (non-hydrogen) atoms. The second-order valence-electron chi connectivity index (χ2n) is 7.05. The van der Waals surface area contributed by atoms with Gasteiger partial charge in [0.25, 0.3) is 0 Å². The maximum absolute atomic E-state index is 11.6. The van der Waals surface area contributed by atoms with Crippen LogP contribution in [0, 0.1) is 0 Å². The average Bonchev–Trinajstić information content (AvgIpc) is 3.12. The Morgan fingerprint density at radius 2 is 1.90 bits per heavy atom. The van der Waals surface area contributed by atoms with E-state index in [2.05, 4.69) is 29.1 Å². The normalized spacial score (nSPS) is 11.2. The zero-order chi connectivity index (χ0) is 21.3. The van der Waals surface area contributed by atoms with Gasteiger partial charge in [0.15, 0.2) is 0 Å². The van der Waals surface area contributed by atoms with Crippen LogP contribution in [-0.4, -0.2) is 21.0 Å². The fourth-order valence-electron chi connectivity index (χ4n) is 2.91. The second kappa shape index (κ2) is 8.33. The monoisotopic (exact) mass is 436 g/mol. The number of aromatic carboxylic acids is 1. The number of thiophene rings is 1. The van der Waals surface area contributed by atoms with E-state index >= 15 is 0 Å². The fourth-order valence-corrected chi connectivity index (χ4v) is 5.03. The first kappa shape index (κ1) is 20.2. The first-order chi connectivity index (χ1) is 14.4. The van der Waals surface area contributed by atoms with Crippen LogP contribution in [0.25, 0.3) is 10.9 Å². The minimum atomic E-state index is -0.949. The number of anilines is 3. The summed E-state index contributed by atoms with van der Waals surface area (Å²) in [6.45, 7) is 4.19. The maximum atomic E-state index is 11.6. The SMILES string of the molecule is CC(C)c1cc2nccc(Nc3cc(C(=O)O)sc3Sc3ccc(N)cc3)c2cn1. The van der Waals surface area contributed by atoms with E-state index in [1.54, 1.807) is 12.3 Å². The molecule has 0 fully saturated rings. The summed E-state index contributed by atoms with van der Waals surface area (Å²) >= 11 is 2.73. The molecule has 4 N–H and O–H groups in total. The summed E-state index contributed by atoms with van der Waals surface area (Å²) in [5, 5.41) is 13.8. The quantitative estimate of drug-likeness (QED) is 0.319. The highest BCUT2D eigenvalue weighted by molar-refractivity contribution is 8.01. The first-order valence-electron chi connectivity index (χ1n) is 9.33. The van der Waals surface area contributed by atoms with Crippen molar-refractivity contribution >= 4 is 57.0 Å². The molecule has 0 spiro atoms. The predicted molar refractivity (Wildman–Crippen MR) is 123 cm³/mol. The molecular weight excluding hydrogens is 416 g/mol. The van der Waals surface area contributed by atoms with Gasteiger partial charge in [-0.15, -0.1) is 11.3 Å². The van der Waals surface area contributed by atoms with Crippen LogP contribution in [0.15, 0.2) is 64.0 Å². The Morgan fingerprint density at radius 1 is 1.13 bits per heavy atom. The van der Waals surface area contributed by atoms with Crippen LogP contribution in [0.2, 0.25) is 0 Å². The Hall–Kier alpha value is -3.10. The van der Waals surface area contributed by atoms with Crippen molar-refractivity contribution in [2.24, 2.45) is 0 Å². The molecule has 6 nitrogen and oxygen atoms in total. The molecular formula is C22H20N4O2S2. The van der Waals surface area contributed by atoms with E-state index in [-0.39, 0.29) is 4.88 Å². The van der Waals surface area contributed by atoms with Crippen LogP contribution >= 0.6 is 23.1 Å². The highest BCUT2D eigenvalue weighted by atomic mass is 32.2. The van der Waals surface area contributed by atoms with Gasteiger partial charge < -0.3 is 16.2 Å².